The van der Waals surface area contributed by atoms with E-state index < -0.39 is 11.9 Å². The second kappa shape index (κ2) is 7.26. The smallest absolute Gasteiger partial charge is 0.332 e. The Balaban J connectivity index is 2.14. The first kappa shape index (κ1) is 16.3. The molecule has 0 aliphatic heterocycles. The zero-order valence-corrected chi connectivity index (χ0v) is 13.1. The maximum Gasteiger partial charge on any atom is 0.332 e. The van der Waals surface area contributed by atoms with E-state index in [4.69, 9.17) is 5.73 Å². The van der Waals surface area contributed by atoms with Crippen LogP contribution in [0.15, 0.2) is 54.7 Å². The van der Waals surface area contributed by atoms with Crippen LogP contribution in [0.25, 0.3) is 6.08 Å². The SMILES string of the molecule is CC(=O)N(C(=O)N/C=C/c1ccccc1C)c1cccc(N)c1. The Labute approximate surface area is 135 Å². The number of urea groups is 1. The fourth-order valence-electron chi connectivity index (χ4n) is 2.15. The Kier molecular flexibility index (Phi) is 5.15. The summed E-state index contributed by atoms with van der Waals surface area (Å²) < 4.78 is 0. The van der Waals surface area contributed by atoms with Crippen LogP contribution in [0.3, 0.4) is 0 Å². The van der Waals surface area contributed by atoms with Crippen molar-refractivity contribution in [2.45, 2.75) is 13.8 Å². The number of nitrogens with two attached hydrogens (primary N) is 1. The first-order valence-corrected chi connectivity index (χ1v) is 7.18. The second-order valence-electron chi connectivity index (χ2n) is 5.09. The summed E-state index contributed by atoms with van der Waals surface area (Å²) in [6, 6.07) is 13.9. The van der Waals surface area contributed by atoms with E-state index in [0.717, 1.165) is 16.0 Å². The van der Waals surface area contributed by atoms with Crippen LogP contribution < -0.4 is 16.0 Å². The van der Waals surface area contributed by atoms with Crippen LogP contribution in [0, 0.1) is 6.92 Å². The molecule has 0 radical (unpaired) electrons. The molecule has 2 aromatic rings. The van der Waals surface area contributed by atoms with E-state index >= 15 is 0 Å². The van der Waals surface area contributed by atoms with Crippen LogP contribution in [-0.4, -0.2) is 11.9 Å². The first-order valence-electron chi connectivity index (χ1n) is 7.18. The van der Waals surface area contributed by atoms with Crippen molar-refractivity contribution < 1.29 is 9.59 Å². The highest BCUT2D eigenvalue weighted by molar-refractivity contribution is 6.13. The predicted molar refractivity (Wildman–Crippen MR) is 92.8 cm³/mol. The summed E-state index contributed by atoms with van der Waals surface area (Å²) >= 11 is 0. The van der Waals surface area contributed by atoms with Gasteiger partial charge in [-0.25, -0.2) is 9.69 Å². The van der Waals surface area contributed by atoms with Gasteiger partial charge in [-0.2, -0.15) is 0 Å². The maximum atomic E-state index is 12.3. The molecule has 0 aliphatic rings. The van der Waals surface area contributed by atoms with Crippen LogP contribution in [0.4, 0.5) is 16.2 Å². The summed E-state index contributed by atoms with van der Waals surface area (Å²) in [4.78, 5) is 25.1. The summed E-state index contributed by atoms with van der Waals surface area (Å²) in [7, 11) is 0. The number of rotatable bonds is 3. The standard InChI is InChI=1S/C18H19N3O2/c1-13-6-3-4-7-15(13)10-11-20-18(23)21(14(2)22)17-9-5-8-16(19)12-17/h3-12H,19H2,1-2H3,(H,20,23)/b11-10+. The number of carbonyl (C=O) groups is 2. The topological polar surface area (TPSA) is 75.4 Å². The number of nitrogen functional groups attached to an aromatic ring is 1. The van der Waals surface area contributed by atoms with E-state index in [1.807, 2.05) is 31.2 Å². The molecule has 2 rings (SSSR count). The molecule has 5 nitrogen and oxygen atoms in total. The molecule has 23 heavy (non-hydrogen) atoms. The fraction of sp³-hybridized carbons (Fsp3) is 0.111. The Morgan fingerprint density at radius 1 is 1.13 bits per heavy atom. The number of hydrogen-bond donors (Lipinski definition) is 2. The first-order chi connectivity index (χ1) is 11.0. The number of carbonyl (C=O) groups excluding carboxylic acids is 2. The molecular weight excluding hydrogens is 290 g/mol. The van der Waals surface area contributed by atoms with Gasteiger partial charge in [0.25, 0.3) is 0 Å². The average molecular weight is 309 g/mol. The molecule has 118 valence electrons. The number of nitrogens with one attached hydrogen (secondary N) is 1. The molecular formula is C18H19N3O2. The Bertz CT molecular complexity index is 753. The summed E-state index contributed by atoms with van der Waals surface area (Å²) in [6.07, 6.45) is 3.30. The summed E-state index contributed by atoms with van der Waals surface area (Å²) in [6.45, 7) is 3.31. The molecule has 0 saturated heterocycles. The van der Waals surface area contributed by atoms with Gasteiger partial charge in [-0.1, -0.05) is 30.3 Å². The fourth-order valence-corrected chi connectivity index (χ4v) is 2.15. The van der Waals surface area contributed by atoms with Gasteiger partial charge in [0.2, 0.25) is 5.91 Å². The van der Waals surface area contributed by atoms with E-state index in [1.54, 1.807) is 30.3 Å². The number of anilines is 2. The Hall–Kier alpha value is -3.08. The molecule has 0 bridgehead atoms. The number of hydrogen-bond acceptors (Lipinski definition) is 3. The van der Waals surface area contributed by atoms with Gasteiger partial charge in [-0.15, -0.1) is 0 Å². The van der Waals surface area contributed by atoms with Crippen LogP contribution in [0.5, 0.6) is 0 Å². The number of imide groups is 1. The van der Waals surface area contributed by atoms with Gasteiger partial charge in [-0.3, -0.25) is 4.79 Å². The van der Waals surface area contributed by atoms with Gasteiger partial charge in [0, 0.05) is 18.8 Å². The highest BCUT2D eigenvalue weighted by atomic mass is 16.2. The van der Waals surface area contributed by atoms with E-state index in [-0.39, 0.29) is 0 Å². The molecule has 3 N–H and O–H groups in total. The van der Waals surface area contributed by atoms with E-state index in [9.17, 15) is 9.59 Å². The molecule has 0 unspecified atom stereocenters. The van der Waals surface area contributed by atoms with E-state index in [2.05, 4.69) is 5.32 Å². The van der Waals surface area contributed by atoms with E-state index in [1.165, 1.54) is 13.1 Å². The summed E-state index contributed by atoms with van der Waals surface area (Å²) in [5.74, 6) is -0.391. The molecule has 0 spiro atoms. The minimum absolute atomic E-state index is 0.391. The number of benzene rings is 2. The largest absolute Gasteiger partial charge is 0.399 e. The monoisotopic (exact) mass is 309 g/mol. The molecule has 0 aliphatic carbocycles. The normalized spacial score (nSPS) is 10.5. The molecule has 3 amide bonds. The van der Waals surface area contributed by atoms with Crippen molar-refractivity contribution in [3.05, 3.63) is 65.9 Å². The molecule has 2 aromatic carbocycles. The molecule has 0 aromatic heterocycles. The lowest BCUT2D eigenvalue weighted by molar-refractivity contribution is -0.115. The van der Waals surface area contributed by atoms with Crippen LogP contribution in [-0.2, 0) is 4.79 Å². The molecule has 0 saturated carbocycles. The third-order valence-corrected chi connectivity index (χ3v) is 3.30. The van der Waals surface area contributed by atoms with Gasteiger partial charge in [0.05, 0.1) is 5.69 Å². The highest BCUT2D eigenvalue weighted by Gasteiger charge is 2.19. The molecule has 0 heterocycles. The zero-order chi connectivity index (χ0) is 16.8. The lowest BCUT2D eigenvalue weighted by atomic mass is 10.1. The molecule has 0 atom stereocenters. The van der Waals surface area contributed by atoms with Crippen LogP contribution >= 0.6 is 0 Å². The van der Waals surface area contributed by atoms with Gasteiger partial charge >= 0.3 is 6.03 Å². The van der Waals surface area contributed by atoms with Crippen molar-refractivity contribution in [2.24, 2.45) is 0 Å². The minimum atomic E-state index is -0.534. The third-order valence-electron chi connectivity index (χ3n) is 3.30. The number of amides is 3. The van der Waals surface area contributed by atoms with Crippen molar-refractivity contribution in [2.75, 3.05) is 10.6 Å². The van der Waals surface area contributed by atoms with Gasteiger partial charge in [0.1, 0.15) is 0 Å². The highest BCUT2D eigenvalue weighted by Crippen LogP contribution is 2.18. The number of nitrogens with zero attached hydrogens (tertiary/aromatic N) is 1. The van der Waals surface area contributed by atoms with Crippen molar-refractivity contribution in [3.8, 4) is 0 Å². The Morgan fingerprint density at radius 3 is 2.52 bits per heavy atom. The summed E-state index contributed by atoms with van der Waals surface area (Å²) in [5, 5.41) is 2.60. The van der Waals surface area contributed by atoms with Gasteiger partial charge in [-0.05, 0) is 42.3 Å². The molecule has 0 fully saturated rings. The van der Waals surface area contributed by atoms with E-state index in [0.29, 0.717) is 11.4 Å². The van der Waals surface area contributed by atoms with Crippen molar-refractivity contribution in [1.82, 2.24) is 5.32 Å². The van der Waals surface area contributed by atoms with Gasteiger partial charge < -0.3 is 11.1 Å². The quantitative estimate of drug-likeness (QED) is 0.854. The third kappa shape index (κ3) is 4.20. The van der Waals surface area contributed by atoms with Gasteiger partial charge in [0.15, 0.2) is 0 Å². The summed E-state index contributed by atoms with van der Waals surface area (Å²) in [5.41, 5.74) is 8.71. The minimum Gasteiger partial charge on any atom is -0.399 e. The lowest BCUT2D eigenvalue weighted by Crippen LogP contribution is -2.41. The Morgan fingerprint density at radius 2 is 1.87 bits per heavy atom. The second-order valence-corrected chi connectivity index (χ2v) is 5.09. The molecule has 5 heteroatoms. The predicted octanol–water partition coefficient (Wildman–Crippen LogP) is 3.31. The maximum absolute atomic E-state index is 12.3. The van der Waals surface area contributed by atoms with Crippen molar-refractivity contribution in [3.63, 3.8) is 0 Å². The lowest BCUT2D eigenvalue weighted by Gasteiger charge is -2.19. The van der Waals surface area contributed by atoms with Crippen LogP contribution in [0.2, 0.25) is 0 Å². The van der Waals surface area contributed by atoms with Crippen molar-refractivity contribution >= 4 is 29.4 Å². The average Bonchev–Trinajstić information content (AvgIpc) is 2.49. The number of aryl methyl sites for hydroxylation is 1. The van der Waals surface area contributed by atoms with Crippen molar-refractivity contribution in [1.29, 1.82) is 0 Å². The zero-order valence-electron chi connectivity index (χ0n) is 13.1. The van der Waals surface area contributed by atoms with Crippen LogP contribution in [0.1, 0.15) is 18.1 Å².